The molecule has 0 bridgehead atoms. The van der Waals surface area contributed by atoms with E-state index in [1.165, 1.54) is 6.74 Å². The van der Waals surface area contributed by atoms with Crippen LogP contribution < -0.4 is 0 Å². The standard InChI is InChI=1S/C10N4Se4/c11-1-5-6(2-12)16-9(15-5)10-17-7(3-13)8(4-14)18-10. The predicted octanol–water partition coefficient (Wildman–Crippen LogP) is -0.525. The number of hydrogen-bond donors (Lipinski definition) is 0. The molecule has 0 atom stereocenters. The Kier molecular flexibility index (Phi) is 4.51. The molecule has 0 amide bonds. The molecule has 0 aromatic heterocycles. The molecule has 0 radical (unpaired) electrons. The molecule has 0 aromatic carbocycles. The molecule has 2 aliphatic heterocycles. The van der Waals surface area contributed by atoms with Crippen molar-refractivity contribution in [1.29, 1.82) is 21.0 Å². The number of rotatable bonds is 0. The molecule has 2 rings (SSSR count). The van der Waals surface area contributed by atoms with Crippen LogP contribution in [0.2, 0.25) is 0 Å². The van der Waals surface area contributed by atoms with Crippen LogP contribution in [0.25, 0.3) is 0 Å². The zero-order chi connectivity index (χ0) is 13.1. The predicted molar refractivity (Wildman–Crippen MR) is 66.5 cm³/mol. The average molecular weight is 492 g/mol. The second-order valence-corrected chi connectivity index (χ2v) is 13.9. The normalized spacial score (nSPS) is 18.4. The Morgan fingerprint density at radius 1 is 0.500 bits per heavy atom. The minimum atomic E-state index is -0.0515. The van der Waals surface area contributed by atoms with Crippen molar-refractivity contribution in [2.24, 2.45) is 0 Å². The molecule has 2 aliphatic rings. The van der Waals surface area contributed by atoms with Crippen LogP contribution in [0.1, 0.15) is 0 Å². The van der Waals surface area contributed by atoms with Crippen molar-refractivity contribution < 1.29 is 0 Å². The van der Waals surface area contributed by atoms with E-state index in [-0.39, 0.29) is 59.8 Å². The van der Waals surface area contributed by atoms with Crippen molar-refractivity contribution in [2.75, 3.05) is 0 Å². The molecule has 8 heteroatoms. The molecule has 0 saturated heterocycles. The van der Waals surface area contributed by atoms with E-state index in [9.17, 15) is 0 Å². The minimum absolute atomic E-state index is 0.0515. The van der Waals surface area contributed by atoms with Crippen molar-refractivity contribution in [3.8, 4) is 24.3 Å². The van der Waals surface area contributed by atoms with Crippen LogP contribution in [0.15, 0.2) is 24.6 Å². The molecular weight excluding hydrogens is 492 g/mol. The summed E-state index contributed by atoms with van der Waals surface area (Å²) in [5, 5.41) is 35.9. The first-order chi connectivity index (χ1) is 8.73. The molecule has 0 aromatic rings. The zero-order valence-corrected chi connectivity index (χ0v) is 15.3. The first-order valence-electron chi connectivity index (χ1n) is 4.28. The molecule has 0 unspecified atom stereocenters. The third-order valence-corrected chi connectivity index (χ3v) is 16.8. The van der Waals surface area contributed by atoms with E-state index in [2.05, 4.69) is 24.3 Å². The monoisotopic (exact) mass is 496 g/mol. The Balaban J connectivity index is 2.28. The summed E-state index contributed by atoms with van der Waals surface area (Å²) in [6.45, 7) is 0. The fourth-order valence-electron chi connectivity index (χ4n) is 1.06. The SMILES string of the molecule is N#CC1=C(C#N)[Se]C(=C2[Se]C(C#N)=C(C#N)[Se]2)[Se]1. The summed E-state index contributed by atoms with van der Waals surface area (Å²) < 4.78 is 4.93. The van der Waals surface area contributed by atoms with Gasteiger partial charge in [-0.1, -0.05) is 0 Å². The van der Waals surface area contributed by atoms with Crippen LogP contribution in [0.3, 0.4) is 0 Å². The third-order valence-electron chi connectivity index (χ3n) is 1.76. The van der Waals surface area contributed by atoms with E-state index in [0.29, 0.717) is 17.9 Å². The van der Waals surface area contributed by atoms with Crippen molar-refractivity contribution in [3.05, 3.63) is 24.6 Å². The van der Waals surface area contributed by atoms with Gasteiger partial charge in [0.05, 0.1) is 0 Å². The molecule has 2 heterocycles. The molecule has 0 spiro atoms. The Hall–Kier alpha value is -0.742. The molecular formula is C10N4Se4. The number of nitriles is 4. The number of hydrogen-bond acceptors (Lipinski definition) is 4. The van der Waals surface area contributed by atoms with Crippen LogP contribution >= 0.6 is 0 Å². The average Bonchev–Trinajstić information content (AvgIpc) is 3.01. The van der Waals surface area contributed by atoms with Gasteiger partial charge in [0.25, 0.3) is 0 Å². The van der Waals surface area contributed by atoms with Gasteiger partial charge in [-0.2, -0.15) is 0 Å². The summed E-state index contributed by atoms with van der Waals surface area (Å²) in [6.07, 6.45) is 0. The molecule has 18 heavy (non-hydrogen) atoms. The summed E-state index contributed by atoms with van der Waals surface area (Å²) in [6, 6.07) is 8.42. The second kappa shape index (κ2) is 5.93. The summed E-state index contributed by atoms with van der Waals surface area (Å²) in [5.74, 6) is 0. The van der Waals surface area contributed by atoms with Crippen molar-refractivity contribution in [3.63, 3.8) is 0 Å². The Bertz CT molecular complexity index is 571. The van der Waals surface area contributed by atoms with Gasteiger partial charge in [-0.05, 0) is 0 Å². The van der Waals surface area contributed by atoms with Gasteiger partial charge in [-0.15, -0.1) is 0 Å². The van der Waals surface area contributed by atoms with Crippen LogP contribution in [-0.4, -0.2) is 59.8 Å². The van der Waals surface area contributed by atoms with Crippen LogP contribution in [0.5, 0.6) is 0 Å². The van der Waals surface area contributed by atoms with Crippen LogP contribution in [-0.2, 0) is 0 Å². The summed E-state index contributed by atoms with van der Waals surface area (Å²) in [4.78, 5) is 0. The molecule has 0 aliphatic carbocycles. The van der Waals surface area contributed by atoms with E-state index in [4.69, 9.17) is 21.0 Å². The fourth-order valence-corrected chi connectivity index (χ4v) is 15.0. The van der Waals surface area contributed by atoms with E-state index in [0.717, 1.165) is 0 Å². The molecule has 0 N–H and O–H groups in total. The first-order valence-corrected chi connectivity index (χ1v) is 11.1. The number of allylic oxidation sites excluding steroid dienone is 4. The Morgan fingerprint density at radius 2 is 0.722 bits per heavy atom. The van der Waals surface area contributed by atoms with Gasteiger partial charge in [0, 0.05) is 0 Å². The van der Waals surface area contributed by atoms with E-state index < -0.39 is 0 Å². The van der Waals surface area contributed by atoms with E-state index >= 15 is 0 Å². The van der Waals surface area contributed by atoms with Gasteiger partial charge in [0.1, 0.15) is 0 Å². The van der Waals surface area contributed by atoms with Crippen molar-refractivity contribution in [1.82, 2.24) is 0 Å². The maximum atomic E-state index is 8.96. The van der Waals surface area contributed by atoms with E-state index in [1.54, 1.807) is 0 Å². The third kappa shape index (κ3) is 2.50. The second-order valence-electron chi connectivity index (χ2n) is 2.75. The van der Waals surface area contributed by atoms with Gasteiger partial charge >= 0.3 is 130 Å². The first kappa shape index (κ1) is 13.7. The van der Waals surface area contributed by atoms with Crippen LogP contribution in [0.4, 0.5) is 0 Å². The fraction of sp³-hybridized carbons (Fsp3) is 0. The topological polar surface area (TPSA) is 95.2 Å². The molecule has 0 fully saturated rings. The molecule has 84 valence electrons. The summed E-state index contributed by atoms with van der Waals surface area (Å²) >= 11 is -0.206. The van der Waals surface area contributed by atoms with Gasteiger partial charge < -0.3 is 0 Å². The van der Waals surface area contributed by atoms with Crippen molar-refractivity contribution >= 4 is 59.8 Å². The molecule has 0 saturated carbocycles. The summed E-state index contributed by atoms with van der Waals surface area (Å²) in [7, 11) is 0. The van der Waals surface area contributed by atoms with Gasteiger partial charge in [0.2, 0.25) is 0 Å². The van der Waals surface area contributed by atoms with E-state index in [1.807, 2.05) is 0 Å². The Morgan fingerprint density at radius 3 is 0.889 bits per heavy atom. The Labute approximate surface area is 129 Å². The van der Waals surface area contributed by atoms with Gasteiger partial charge in [0.15, 0.2) is 0 Å². The number of nitrogens with zero attached hydrogens (tertiary/aromatic N) is 4. The maximum absolute atomic E-state index is 8.96. The van der Waals surface area contributed by atoms with Crippen molar-refractivity contribution in [2.45, 2.75) is 0 Å². The summed E-state index contributed by atoms with van der Waals surface area (Å²) in [5.41, 5.74) is 0. The molecule has 4 nitrogen and oxygen atoms in total. The van der Waals surface area contributed by atoms with Gasteiger partial charge in [-0.3, -0.25) is 0 Å². The zero-order valence-electron chi connectivity index (χ0n) is 8.42. The van der Waals surface area contributed by atoms with Crippen LogP contribution in [0, 0.1) is 45.3 Å². The van der Waals surface area contributed by atoms with Gasteiger partial charge in [-0.25, -0.2) is 0 Å². The quantitative estimate of drug-likeness (QED) is 0.426.